The van der Waals surface area contributed by atoms with E-state index >= 15 is 0 Å². The van der Waals surface area contributed by atoms with E-state index < -0.39 is 0 Å². The lowest BCUT2D eigenvalue weighted by Crippen LogP contribution is -2.30. The van der Waals surface area contributed by atoms with Crippen LogP contribution in [0.2, 0.25) is 0 Å². The lowest BCUT2D eigenvalue weighted by molar-refractivity contribution is 0.509. The summed E-state index contributed by atoms with van der Waals surface area (Å²) in [6.45, 7) is 0. The molecule has 0 amide bonds. The quantitative estimate of drug-likeness (QED) is 0.674. The zero-order chi connectivity index (χ0) is 12.3. The van der Waals surface area contributed by atoms with Crippen LogP contribution in [0.3, 0.4) is 0 Å². The molecular weight excluding hydrogens is 305 g/mol. The van der Waals surface area contributed by atoms with Crippen LogP contribution in [0.15, 0.2) is 34.2 Å². The molecule has 2 rings (SSSR count). The van der Waals surface area contributed by atoms with Gasteiger partial charge in [0.1, 0.15) is 5.82 Å². The monoisotopic (exact) mass is 315 g/mol. The number of nitrogens with zero attached hydrogens (tertiary/aromatic N) is 1. The van der Waals surface area contributed by atoms with Crippen LogP contribution < -0.4 is 11.3 Å². The van der Waals surface area contributed by atoms with E-state index in [1.54, 1.807) is 18.3 Å². The van der Waals surface area contributed by atoms with Crippen molar-refractivity contribution in [3.63, 3.8) is 0 Å². The molecule has 0 aliphatic carbocycles. The fraction of sp³-hybridized carbons (Fsp3) is 0.182. The van der Waals surface area contributed by atoms with Gasteiger partial charge in [-0.3, -0.25) is 11.3 Å². The molecule has 0 fully saturated rings. The highest BCUT2D eigenvalue weighted by Gasteiger charge is 2.16. The molecule has 90 valence electrons. The Kier molecular flexibility index (Phi) is 4.22. The molecule has 0 saturated heterocycles. The summed E-state index contributed by atoms with van der Waals surface area (Å²) >= 11 is 4.76. The van der Waals surface area contributed by atoms with Gasteiger partial charge in [-0.05, 0) is 12.1 Å². The summed E-state index contributed by atoms with van der Waals surface area (Å²) in [5.41, 5.74) is 3.18. The maximum Gasteiger partial charge on any atom is 0.129 e. The van der Waals surface area contributed by atoms with E-state index in [4.69, 9.17) is 5.84 Å². The van der Waals surface area contributed by atoms with Crippen LogP contribution in [0.25, 0.3) is 0 Å². The molecule has 0 bridgehead atoms. The van der Waals surface area contributed by atoms with Gasteiger partial charge in [-0.25, -0.2) is 9.37 Å². The SMILES string of the molecule is NNC(Cc1nccs1)c1ccc(Br)cc1F. The molecule has 2 aromatic rings. The Bertz CT molecular complexity index is 489. The minimum Gasteiger partial charge on any atom is -0.271 e. The lowest BCUT2D eigenvalue weighted by Gasteiger charge is -2.15. The Morgan fingerprint density at radius 1 is 1.53 bits per heavy atom. The highest BCUT2D eigenvalue weighted by molar-refractivity contribution is 9.10. The number of halogens is 2. The maximum absolute atomic E-state index is 13.8. The average molecular weight is 316 g/mol. The van der Waals surface area contributed by atoms with Crippen molar-refractivity contribution < 1.29 is 4.39 Å². The Labute approximate surface area is 111 Å². The van der Waals surface area contributed by atoms with Crippen LogP contribution in [0.4, 0.5) is 4.39 Å². The summed E-state index contributed by atoms with van der Waals surface area (Å²) in [7, 11) is 0. The maximum atomic E-state index is 13.8. The zero-order valence-corrected chi connectivity index (χ0v) is 11.3. The van der Waals surface area contributed by atoms with Crippen LogP contribution in [0, 0.1) is 5.82 Å². The number of aromatic nitrogens is 1. The molecule has 0 aliphatic heterocycles. The van der Waals surface area contributed by atoms with Gasteiger partial charge >= 0.3 is 0 Å². The number of nitrogens with one attached hydrogen (secondary N) is 1. The largest absolute Gasteiger partial charge is 0.271 e. The second kappa shape index (κ2) is 5.68. The molecule has 0 spiro atoms. The van der Waals surface area contributed by atoms with Crippen molar-refractivity contribution in [2.75, 3.05) is 0 Å². The molecular formula is C11H11BrFN3S. The fourth-order valence-electron chi connectivity index (χ4n) is 1.57. The van der Waals surface area contributed by atoms with Crippen LogP contribution in [-0.4, -0.2) is 4.98 Å². The molecule has 1 heterocycles. The second-order valence-corrected chi connectivity index (χ2v) is 5.41. The Hall–Kier alpha value is -0.820. The summed E-state index contributed by atoms with van der Waals surface area (Å²) in [6, 6.07) is 4.68. The van der Waals surface area contributed by atoms with Gasteiger partial charge in [0.25, 0.3) is 0 Å². The summed E-state index contributed by atoms with van der Waals surface area (Å²) in [4.78, 5) is 4.17. The molecule has 1 unspecified atom stereocenters. The lowest BCUT2D eigenvalue weighted by atomic mass is 10.0. The Morgan fingerprint density at radius 2 is 2.35 bits per heavy atom. The van der Waals surface area contributed by atoms with Crippen LogP contribution in [0.1, 0.15) is 16.6 Å². The molecule has 1 aromatic carbocycles. The van der Waals surface area contributed by atoms with Crippen molar-refractivity contribution in [1.29, 1.82) is 0 Å². The van der Waals surface area contributed by atoms with Crippen LogP contribution >= 0.6 is 27.3 Å². The van der Waals surface area contributed by atoms with E-state index in [1.165, 1.54) is 17.4 Å². The van der Waals surface area contributed by atoms with Gasteiger partial charge in [-0.1, -0.05) is 22.0 Å². The second-order valence-electron chi connectivity index (χ2n) is 3.52. The fourth-order valence-corrected chi connectivity index (χ4v) is 2.57. The zero-order valence-electron chi connectivity index (χ0n) is 8.86. The van der Waals surface area contributed by atoms with Gasteiger partial charge in [-0.15, -0.1) is 11.3 Å². The van der Waals surface area contributed by atoms with Crippen molar-refractivity contribution in [3.8, 4) is 0 Å². The van der Waals surface area contributed by atoms with E-state index in [-0.39, 0.29) is 11.9 Å². The molecule has 0 radical (unpaired) electrons. The molecule has 3 nitrogen and oxygen atoms in total. The molecule has 0 saturated carbocycles. The van der Waals surface area contributed by atoms with Crippen molar-refractivity contribution in [2.24, 2.45) is 5.84 Å². The first kappa shape index (κ1) is 12.6. The first-order valence-electron chi connectivity index (χ1n) is 5.00. The van der Waals surface area contributed by atoms with Gasteiger partial charge in [0.05, 0.1) is 11.0 Å². The summed E-state index contributed by atoms with van der Waals surface area (Å²) in [5, 5.41) is 2.82. The van der Waals surface area contributed by atoms with Gasteiger partial charge in [0.15, 0.2) is 0 Å². The summed E-state index contributed by atoms with van der Waals surface area (Å²) < 4.78 is 14.5. The Balaban J connectivity index is 2.23. The highest BCUT2D eigenvalue weighted by Crippen LogP contribution is 2.24. The number of hydrogen-bond acceptors (Lipinski definition) is 4. The third-order valence-corrected chi connectivity index (χ3v) is 3.70. The minimum atomic E-state index is -0.279. The van der Waals surface area contributed by atoms with Crippen molar-refractivity contribution in [2.45, 2.75) is 12.5 Å². The minimum absolute atomic E-state index is 0.269. The summed E-state index contributed by atoms with van der Waals surface area (Å²) in [6.07, 6.45) is 2.30. The number of nitrogens with two attached hydrogens (primary N) is 1. The molecule has 6 heteroatoms. The molecule has 1 aromatic heterocycles. The average Bonchev–Trinajstić information content (AvgIpc) is 2.79. The standard InChI is InChI=1S/C11H11BrFN3S/c12-7-1-2-8(9(13)5-7)10(16-14)6-11-15-3-4-17-11/h1-5,10,16H,6,14H2. The van der Waals surface area contributed by atoms with Gasteiger partial charge in [-0.2, -0.15) is 0 Å². The number of hydrazine groups is 1. The Morgan fingerprint density at radius 3 is 2.94 bits per heavy atom. The topological polar surface area (TPSA) is 50.9 Å². The summed E-state index contributed by atoms with van der Waals surface area (Å²) in [5.74, 6) is 5.20. The molecule has 17 heavy (non-hydrogen) atoms. The van der Waals surface area contributed by atoms with Gasteiger partial charge < -0.3 is 0 Å². The molecule has 0 aliphatic rings. The highest BCUT2D eigenvalue weighted by atomic mass is 79.9. The van der Waals surface area contributed by atoms with Crippen molar-refractivity contribution in [1.82, 2.24) is 10.4 Å². The predicted molar refractivity (Wildman–Crippen MR) is 70.0 cm³/mol. The first-order chi connectivity index (χ1) is 8.20. The third kappa shape index (κ3) is 3.10. The third-order valence-electron chi connectivity index (χ3n) is 2.40. The number of rotatable bonds is 4. The number of hydrogen-bond donors (Lipinski definition) is 2. The van der Waals surface area contributed by atoms with Crippen LogP contribution in [0.5, 0.6) is 0 Å². The van der Waals surface area contributed by atoms with Crippen molar-refractivity contribution in [3.05, 3.63) is 50.6 Å². The number of thiazole rings is 1. The first-order valence-corrected chi connectivity index (χ1v) is 6.67. The smallest absolute Gasteiger partial charge is 0.129 e. The molecule has 1 atom stereocenters. The van der Waals surface area contributed by atoms with E-state index in [2.05, 4.69) is 26.3 Å². The van der Waals surface area contributed by atoms with Gasteiger partial charge in [0.2, 0.25) is 0 Å². The molecule has 3 N–H and O–H groups in total. The van der Waals surface area contributed by atoms with E-state index in [9.17, 15) is 4.39 Å². The van der Waals surface area contributed by atoms with E-state index in [1.807, 2.05) is 5.38 Å². The predicted octanol–water partition coefficient (Wildman–Crippen LogP) is 2.79. The number of benzene rings is 1. The van der Waals surface area contributed by atoms with Crippen LogP contribution in [-0.2, 0) is 6.42 Å². The van der Waals surface area contributed by atoms with Gasteiger partial charge in [0, 0.05) is 28.0 Å². The van der Waals surface area contributed by atoms with Crippen molar-refractivity contribution >= 4 is 27.3 Å². The van der Waals surface area contributed by atoms with E-state index in [0.717, 1.165) is 5.01 Å². The van der Waals surface area contributed by atoms with E-state index in [0.29, 0.717) is 16.5 Å². The normalized spacial score (nSPS) is 12.6.